The maximum absolute atomic E-state index is 12.1. The standard InChI is InChI=1S/C14H19NO2/c1-2-17-14(16)13(15-10-6-7-11-15)12-8-4-3-5-9-12/h3-5,8-9,13H,2,6-7,10-11H2,1H3. The third-order valence-electron chi connectivity index (χ3n) is 3.13. The van der Waals surface area contributed by atoms with Crippen LogP contribution in [0.4, 0.5) is 0 Å². The lowest BCUT2D eigenvalue weighted by atomic mass is 10.1. The Morgan fingerprint density at radius 2 is 1.94 bits per heavy atom. The maximum Gasteiger partial charge on any atom is 0.327 e. The highest BCUT2D eigenvalue weighted by atomic mass is 16.5. The Morgan fingerprint density at radius 3 is 2.53 bits per heavy atom. The van der Waals surface area contributed by atoms with Gasteiger partial charge in [-0.1, -0.05) is 30.3 Å². The first kappa shape index (κ1) is 12.1. The summed E-state index contributed by atoms with van der Waals surface area (Å²) in [6.45, 7) is 4.26. The first-order valence-corrected chi connectivity index (χ1v) is 6.28. The topological polar surface area (TPSA) is 29.5 Å². The van der Waals surface area contributed by atoms with Crippen LogP contribution >= 0.6 is 0 Å². The zero-order chi connectivity index (χ0) is 12.1. The smallest absolute Gasteiger partial charge is 0.327 e. The molecule has 1 aromatic carbocycles. The molecule has 1 aliphatic rings. The number of likely N-dealkylation sites (tertiary alicyclic amines) is 1. The summed E-state index contributed by atoms with van der Waals surface area (Å²) in [5.74, 6) is -0.124. The van der Waals surface area contributed by atoms with E-state index in [1.54, 1.807) is 0 Å². The van der Waals surface area contributed by atoms with Gasteiger partial charge in [0.15, 0.2) is 0 Å². The highest BCUT2D eigenvalue weighted by molar-refractivity contribution is 5.77. The molecule has 1 aliphatic heterocycles. The predicted molar refractivity (Wildman–Crippen MR) is 66.6 cm³/mol. The molecular weight excluding hydrogens is 214 g/mol. The van der Waals surface area contributed by atoms with Crippen molar-refractivity contribution in [1.82, 2.24) is 4.90 Å². The zero-order valence-electron chi connectivity index (χ0n) is 10.3. The van der Waals surface area contributed by atoms with Crippen molar-refractivity contribution >= 4 is 5.97 Å². The van der Waals surface area contributed by atoms with Crippen molar-refractivity contribution in [2.75, 3.05) is 19.7 Å². The van der Waals surface area contributed by atoms with Crippen molar-refractivity contribution in [1.29, 1.82) is 0 Å². The van der Waals surface area contributed by atoms with Gasteiger partial charge in [0.2, 0.25) is 0 Å². The third kappa shape index (κ3) is 2.86. The average molecular weight is 233 g/mol. The molecule has 0 aliphatic carbocycles. The van der Waals surface area contributed by atoms with Gasteiger partial charge >= 0.3 is 5.97 Å². The molecule has 0 N–H and O–H groups in total. The summed E-state index contributed by atoms with van der Waals surface area (Å²) in [6, 6.07) is 9.68. The summed E-state index contributed by atoms with van der Waals surface area (Å²) in [5, 5.41) is 0. The fourth-order valence-electron chi connectivity index (χ4n) is 2.35. The molecule has 17 heavy (non-hydrogen) atoms. The van der Waals surface area contributed by atoms with E-state index in [1.165, 1.54) is 12.8 Å². The second-order valence-corrected chi connectivity index (χ2v) is 4.31. The van der Waals surface area contributed by atoms with Gasteiger partial charge in [-0.3, -0.25) is 4.90 Å². The summed E-state index contributed by atoms with van der Waals surface area (Å²) in [7, 11) is 0. The number of hydrogen-bond acceptors (Lipinski definition) is 3. The lowest BCUT2D eigenvalue weighted by molar-refractivity contribution is -0.149. The molecule has 0 spiro atoms. The number of carbonyl (C=O) groups excluding carboxylic acids is 1. The fraction of sp³-hybridized carbons (Fsp3) is 0.500. The molecule has 3 heteroatoms. The lowest BCUT2D eigenvalue weighted by Crippen LogP contribution is -2.33. The molecular formula is C14H19NO2. The van der Waals surface area contributed by atoms with Crippen LogP contribution in [0.15, 0.2) is 30.3 Å². The molecule has 1 aromatic rings. The van der Waals surface area contributed by atoms with Crippen LogP contribution in [0, 0.1) is 0 Å². The molecule has 0 amide bonds. The number of nitrogens with zero attached hydrogens (tertiary/aromatic N) is 1. The van der Waals surface area contributed by atoms with Crippen LogP contribution in [0.5, 0.6) is 0 Å². The second-order valence-electron chi connectivity index (χ2n) is 4.31. The molecule has 2 rings (SSSR count). The molecule has 1 saturated heterocycles. The van der Waals surface area contributed by atoms with Crippen molar-refractivity contribution in [3.8, 4) is 0 Å². The second kappa shape index (κ2) is 5.82. The Bertz CT molecular complexity index is 358. The summed E-state index contributed by atoms with van der Waals surface area (Å²) in [5.41, 5.74) is 1.04. The van der Waals surface area contributed by atoms with Crippen LogP contribution in [0.1, 0.15) is 31.4 Å². The summed E-state index contributed by atoms with van der Waals surface area (Å²) < 4.78 is 5.19. The molecule has 1 heterocycles. The fourth-order valence-corrected chi connectivity index (χ4v) is 2.35. The van der Waals surface area contributed by atoms with E-state index in [9.17, 15) is 4.79 Å². The number of ether oxygens (including phenoxy) is 1. The van der Waals surface area contributed by atoms with Crippen molar-refractivity contribution in [2.24, 2.45) is 0 Å². The summed E-state index contributed by atoms with van der Waals surface area (Å²) >= 11 is 0. The first-order chi connectivity index (χ1) is 8.33. The monoisotopic (exact) mass is 233 g/mol. The van der Waals surface area contributed by atoms with E-state index in [0.717, 1.165) is 18.7 Å². The molecule has 0 saturated carbocycles. The molecule has 92 valence electrons. The maximum atomic E-state index is 12.1. The normalized spacial score (nSPS) is 17.9. The van der Waals surface area contributed by atoms with Crippen molar-refractivity contribution in [3.63, 3.8) is 0 Å². The van der Waals surface area contributed by atoms with Gasteiger partial charge in [0.25, 0.3) is 0 Å². The Kier molecular flexibility index (Phi) is 4.15. The number of esters is 1. The van der Waals surface area contributed by atoms with Gasteiger partial charge in [0, 0.05) is 0 Å². The highest BCUT2D eigenvalue weighted by Crippen LogP contribution is 2.26. The number of hydrogen-bond donors (Lipinski definition) is 0. The minimum absolute atomic E-state index is 0.124. The predicted octanol–water partition coefficient (Wildman–Crippen LogP) is 2.39. The average Bonchev–Trinajstić information content (AvgIpc) is 2.85. The van der Waals surface area contributed by atoms with E-state index in [2.05, 4.69) is 4.90 Å². The lowest BCUT2D eigenvalue weighted by Gasteiger charge is -2.25. The molecule has 0 aromatic heterocycles. The Morgan fingerprint density at radius 1 is 1.29 bits per heavy atom. The van der Waals surface area contributed by atoms with Gasteiger partial charge in [-0.25, -0.2) is 4.79 Å². The minimum atomic E-state index is -0.223. The number of benzene rings is 1. The molecule has 0 bridgehead atoms. The van der Waals surface area contributed by atoms with Gasteiger partial charge < -0.3 is 4.74 Å². The molecule has 3 nitrogen and oxygen atoms in total. The molecule has 1 fully saturated rings. The van der Waals surface area contributed by atoms with E-state index in [0.29, 0.717) is 6.61 Å². The molecule has 0 radical (unpaired) electrons. The number of rotatable bonds is 4. The molecule has 1 unspecified atom stereocenters. The van der Waals surface area contributed by atoms with Gasteiger partial charge in [-0.15, -0.1) is 0 Å². The van der Waals surface area contributed by atoms with E-state index in [-0.39, 0.29) is 12.0 Å². The van der Waals surface area contributed by atoms with Crippen LogP contribution in [-0.4, -0.2) is 30.6 Å². The zero-order valence-corrected chi connectivity index (χ0v) is 10.3. The Hall–Kier alpha value is -1.35. The van der Waals surface area contributed by atoms with Gasteiger partial charge in [-0.2, -0.15) is 0 Å². The van der Waals surface area contributed by atoms with Crippen LogP contribution < -0.4 is 0 Å². The van der Waals surface area contributed by atoms with Gasteiger partial charge in [0.05, 0.1) is 6.61 Å². The van der Waals surface area contributed by atoms with Crippen LogP contribution in [-0.2, 0) is 9.53 Å². The number of carbonyl (C=O) groups is 1. The largest absolute Gasteiger partial charge is 0.465 e. The van der Waals surface area contributed by atoms with E-state index in [4.69, 9.17) is 4.74 Å². The molecule has 1 atom stereocenters. The SMILES string of the molecule is CCOC(=O)C(c1ccccc1)N1CCCC1. The Labute approximate surface area is 102 Å². The van der Waals surface area contributed by atoms with Crippen molar-refractivity contribution in [2.45, 2.75) is 25.8 Å². The first-order valence-electron chi connectivity index (χ1n) is 6.28. The third-order valence-corrected chi connectivity index (χ3v) is 3.13. The van der Waals surface area contributed by atoms with E-state index >= 15 is 0 Å². The summed E-state index contributed by atoms with van der Waals surface area (Å²) in [4.78, 5) is 14.3. The highest BCUT2D eigenvalue weighted by Gasteiger charge is 2.30. The quantitative estimate of drug-likeness (QED) is 0.748. The Balaban J connectivity index is 2.20. The van der Waals surface area contributed by atoms with Gasteiger partial charge in [0.1, 0.15) is 6.04 Å². The van der Waals surface area contributed by atoms with Crippen LogP contribution in [0.2, 0.25) is 0 Å². The minimum Gasteiger partial charge on any atom is -0.465 e. The van der Waals surface area contributed by atoms with Crippen LogP contribution in [0.3, 0.4) is 0 Å². The van der Waals surface area contributed by atoms with Crippen molar-refractivity contribution < 1.29 is 9.53 Å². The van der Waals surface area contributed by atoms with E-state index in [1.807, 2.05) is 37.3 Å². The van der Waals surface area contributed by atoms with Gasteiger partial charge in [-0.05, 0) is 38.4 Å². The van der Waals surface area contributed by atoms with Crippen molar-refractivity contribution in [3.05, 3.63) is 35.9 Å². The van der Waals surface area contributed by atoms with E-state index < -0.39 is 0 Å². The van der Waals surface area contributed by atoms with Crippen LogP contribution in [0.25, 0.3) is 0 Å². The summed E-state index contributed by atoms with van der Waals surface area (Å²) in [6.07, 6.45) is 2.34.